The van der Waals surface area contributed by atoms with Gasteiger partial charge in [0.1, 0.15) is 16.4 Å². The van der Waals surface area contributed by atoms with E-state index in [1.807, 2.05) is 37.3 Å². The molecule has 0 amide bonds. The summed E-state index contributed by atoms with van der Waals surface area (Å²) in [6.45, 7) is 3.46. The Hall–Kier alpha value is -3.20. The Balaban J connectivity index is 1.55. The van der Waals surface area contributed by atoms with Gasteiger partial charge < -0.3 is 15.7 Å². The molecule has 2 aromatic heterocycles. The molecule has 3 N–H and O–H groups in total. The van der Waals surface area contributed by atoms with E-state index in [-0.39, 0.29) is 11.9 Å². The first kappa shape index (κ1) is 22.6. The first-order valence-electron chi connectivity index (χ1n) is 11.4. The third kappa shape index (κ3) is 4.57. The molecule has 3 heterocycles. The van der Waals surface area contributed by atoms with Crippen molar-refractivity contribution in [2.24, 2.45) is 0 Å². The topological polar surface area (TPSA) is 83.0 Å². The molecule has 0 bridgehead atoms. The molecule has 5 rings (SSSR count). The highest BCUT2D eigenvalue weighted by Crippen LogP contribution is 2.42. The zero-order valence-electron chi connectivity index (χ0n) is 18.8. The average Bonchev–Trinajstić information content (AvgIpc) is 3.32. The number of rotatable bonds is 6. The molecule has 1 aliphatic heterocycles. The summed E-state index contributed by atoms with van der Waals surface area (Å²) >= 11 is 1.37. The van der Waals surface area contributed by atoms with Crippen molar-refractivity contribution in [3.63, 3.8) is 0 Å². The normalized spacial score (nSPS) is 16.2. The van der Waals surface area contributed by atoms with E-state index in [1.54, 1.807) is 30.5 Å². The highest BCUT2D eigenvalue weighted by atomic mass is 32.1. The first-order valence-corrected chi connectivity index (χ1v) is 12.2. The van der Waals surface area contributed by atoms with Gasteiger partial charge in [0.25, 0.3) is 0 Å². The number of anilines is 1. The Morgan fingerprint density at radius 1 is 1.03 bits per heavy atom. The van der Waals surface area contributed by atoms with Crippen LogP contribution in [0.25, 0.3) is 21.8 Å². The lowest BCUT2D eigenvalue weighted by molar-refractivity contribution is 0.00581. The van der Waals surface area contributed by atoms with E-state index in [0.717, 1.165) is 5.56 Å². The summed E-state index contributed by atoms with van der Waals surface area (Å²) in [5.74, 6) is 0.117. The van der Waals surface area contributed by atoms with Gasteiger partial charge >= 0.3 is 0 Å². The molecule has 1 saturated heterocycles. The highest BCUT2D eigenvalue weighted by Gasteiger charge is 2.36. The van der Waals surface area contributed by atoms with Crippen LogP contribution >= 0.6 is 11.3 Å². The number of piperidine rings is 1. The third-order valence-corrected chi connectivity index (χ3v) is 7.39. The van der Waals surface area contributed by atoms with Gasteiger partial charge in [0.05, 0.1) is 22.3 Å². The minimum atomic E-state index is -1.04. The van der Waals surface area contributed by atoms with E-state index in [0.29, 0.717) is 58.7 Å². The Kier molecular flexibility index (Phi) is 6.36. The lowest BCUT2D eigenvalue weighted by atomic mass is 9.93. The van der Waals surface area contributed by atoms with Gasteiger partial charge in [0.2, 0.25) is 5.95 Å². The van der Waals surface area contributed by atoms with Gasteiger partial charge in [-0.3, -0.25) is 0 Å². The van der Waals surface area contributed by atoms with E-state index in [4.69, 9.17) is 9.97 Å². The van der Waals surface area contributed by atoms with Gasteiger partial charge in [0.15, 0.2) is 0 Å². The fourth-order valence-electron chi connectivity index (χ4n) is 4.16. The van der Waals surface area contributed by atoms with Crippen molar-refractivity contribution in [3.05, 3.63) is 83.2 Å². The molecule has 0 radical (unpaired) electrons. The summed E-state index contributed by atoms with van der Waals surface area (Å²) in [6.07, 6.45) is 2.80. The highest BCUT2D eigenvalue weighted by molar-refractivity contribution is 7.15. The smallest absolute Gasteiger partial charge is 0.223 e. The number of hydrogen-bond acceptors (Lipinski definition) is 7. The monoisotopic (exact) mass is 475 g/mol. The first-order chi connectivity index (χ1) is 16.5. The summed E-state index contributed by atoms with van der Waals surface area (Å²) in [5.41, 5.74) is 1.60. The van der Waals surface area contributed by atoms with Crippen LogP contribution in [-0.4, -0.2) is 33.1 Å². The van der Waals surface area contributed by atoms with Crippen LogP contribution in [-0.2, 0) is 5.60 Å². The lowest BCUT2D eigenvalue weighted by Gasteiger charge is -2.30. The molecule has 6 nitrogen and oxygen atoms in total. The number of halogens is 1. The number of thiazole rings is 1. The van der Waals surface area contributed by atoms with E-state index in [1.165, 1.54) is 17.4 Å². The molecule has 0 spiro atoms. The second kappa shape index (κ2) is 9.58. The number of benzene rings is 2. The molecule has 1 unspecified atom stereocenters. The number of aromatic nitrogens is 3. The van der Waals surface area contributed by atoms with Gasteiger partial charge in [-0.25, -0.2) is 19.3 Å². The Labute approximate surface area is 202 Å². The second-order valence-corrected chi connectivity index (χ2v) is 9.50. The molecular formula is C26H26FN5OS. The molecule has 2 aromatic carbocycles. The van der Waals surface area contributed by atoms with Gasteiger partial charge in [-0.05, 0) is 56.6 Å². The van der Waals surface area contributed by atoms with E-state index in [9.17, 15) is 9.50 Å². The van der Waals surface area contributed by atoms with Crippen LogP contribution in [0, 0.1) is 5.82 Å². The lowest BCUT2D eigenvalue weighted by Crippen LogP contribution is -2.39. The largest absolute Gasteiger partial charge is 0.383 e. The predicted octanol–water partition coefficient (Wildman–Crippen LogP) is 5.15. The molecule has 0 saturated carbocycles. The Morgan fingerprint density at radius 2 is 1.76 bits per heavy atom. The molecule has 174 valence electrons. The van der Waals surface area contributed by atoms with Crippen molar-refractivity contribution >= 4 is 17.3 Å². The zero-order chi connectivity index (χ0) is 23.5. The van der Waals surface area contributed by atoms with Crippen molar-refractivity contribution in [2.45, 2.75) is 31.4 Å². The minimum absolute atomic E-state index is 0.00922. The summed E-state index contributed by atoms with van der Waals surface area (Å²) in [7, 11) is 0. The second-order valence-electron chi connectivity index (χ2n) is 8.50. The predicted molar refractivity (Wildman–Crippen MR) is 133 cm³/mol. The number of nitrogens with one attached hydrogen (secondary N) is 2. The molecule has 34 heavy (non-hydrogen) atoms. The van der Waals surface area contributed by atoms with E-state index < -0.39 is 5.60 Å². The molecule has 1 atom stereocenters. The molecule has 1 aliphatic rings. The third-order valence-electron chi connectivity index (χ3n) is 6.12. The van der Waals surface area contributed by atoms with E-state index >= 15 is 0 Å². The van der Waals surface area contributed by atoms with Crippen molar-refractivity contribution < 1.29 is 9.50 Å². The summed E-state index contributed by atoms with van der Waals surface area (Å²) < 4.78 is 14.8. The van der Waals surface area contributed by atoms with Crippen molar-refractivity contribution in [2.75, 3.05) is 18.4 Å². The molecule has 8 heteroatoms. The summed E-state index contributed by atoms with van der Waals surface area (Å²) in [5, 5.41) is 18.5. The van der Waals surface area contributed by atoms with Gasteiger partial charge in [-0.2, -0.15) is 0 Å². The number of aliphatic hydroxyl groups is 1. The van der Waals surface area contributed by atoms with Crippen LogP contribution in [0.15, 0.2) is 66.9 Å². The molecule has 1 fully saturated rings. The van der Waals surface area contributed by atoms with Gasteiger partial charge in [-0.15, -0.1) is 11.3 Å². The van der Waals surface area contributed by atoms with E-state index in [2.05, 4.69) is 15.6 Å². The average molecular weight is 476 g/mol. The maximum atomic E-state index is 14.8. The van der Waals surface area contributed by atoms with Crippen LogP contribution < -0.4 is 10.6 Å². The van der Waals surface area contributed by atoms with Crippen LogP contribution in [0.3, 0.4) is 0 Å². The number of nitrogens with zero attached hydrogens (tertiary/aromatic N) is 3. The minimum Gasteiger partial charge on any atom is -0.383 e. The van der Waals surface area contributed by atoms with Crippen LogP contribution in [0.2, 0.25) is 0 Å². The maximum Gasteiger partial charge on any atom is 0.223 e. The van der Waals surface area contributed by atoms with Crippen molar-refractivity contribution in [1.29, 1.82) is 0 Å². The van der Waals surface area contributed by atoms with Crippen LogP contribution in [0.5, 0.6) is 0 Å². The van der Waals surface area contributed by atoms with Crippen molar-refractivity contribution in [3.8, 4) is 21.8 Å². The fourth-order valence-corrected chi connectivity index (χ4v) is 5.35. The van der Waals surface area contributed by atoms with Crippen molar-refractivity contribution in [1.82, 2.24) is 20.3 Å². The zero-order valence-corrected chi connectivity index (χ0v) is 19.6. The summed E-state index contributed by atoms with van der Waals surface area (Å²) in [6, 6.07) is 18.5. The molecule has 0 aliphatic carbocycles. The SMILES string of the molecule is CC(Nc1nccc(-c2sc(C3(O)CCNCC3)nc2-c2ccccc2F)n1)c1ccccc1. The fraction of sp³-hybridized carbons (Fsp3) is 0.269. The maximum absolute atomic E-state index is 14.8. The van der Waals surface area contributed by atoms with Crippen LogP contribution in [0.4, 0.5) is 10.3 Å². The number of hydrogen-bond donors (Lipinski definition) is 3. The standard InChI is InChI=1S/C26H26FN5OS/c1-17(18-7-3-2-4-8-18)30-25-29-14-11-21(31-25)23-22(19-9-5-6-10-20(19)27)32-24(34-23)26(33)12-15-28-16-13-26/h2-11,14,17,28,33H,12-13,15-16H2,1H3,(H,29,30,31). The van der Waals surface area contributed by atoms with Gasteiger partial charge in [-0.1, -0.05) is 42.5 Å². The Morgan fingerprint density at radius 3 is 2.53 bits per heavy atom. The van der Waals surface area contributed by atoms with Crippen LogP contribution in [0.1, 0.15) is 36.4 Å². The Bertz CT molecular complexity index is 1270. The van der Waals surface area contributed by atoms with Gasteiger partial charge in [0, 0.05) is 11.8 Å². The quantitative estimate of drug-likeness (QED) is 0.358. The molecule has 4 aromatic rings. The molecular weight excluding hydrogens is 449 g/mol. The summed E-state index contributed by atoms with van der Waals surface area (Å²) in [4.78, 5) is 14.6.